The van der Waals surface area contributed by atoms with E-state index in [2.05, 4.69) is 38.2 Å². The molecule has 1 aromatic carbocycles. The molecule has 0 amide bonds. The fourth-order valence-electron chi connectivity index (χ4n) is 2.49. The van der Waals surface area contributed by atoms with Crippen molar-refractivity contribution in [3.63, 3.8) is 0 Å². The predicted molar refractivity (Wildman–Crippen MR) is 79.8 cm³/mol. The quantitative estimate of drug-likeness (QED) is 0.782. The van der Waals surface area contributed by atoms with Crippen LogP contribution in [0, 0.1) is 12.8 Å². The van der Waals surface area contributed by atoms with Gasteiger partial charge in [-0.15, -0.1) is 0 Å². The lowest BCUT2D eigenvalue weighted by atomic mass is 9.93. The van der Waals surface area contributed by atoms with Gasteiger partial charge in [0.1, 0.15) is 5.75 Å². The lowest BCUT2D eigenvalue weighted by molar-refractivity contribution is 0.149. The molecule has 0 aliphatic heterocycles. The minimum Gasteiger partial charge on any atom is -0.497 e. The van der Waals surface area contributed by atoms with Gasteiger partial charge in [0.2, 0.25) is 0 Å². The molecule has 3 heteroatoms. The highest BCUT2D eigenvalue weighted by Gasteiger charge is 2.16. The van der Waals surface area contributed by atoms with Crippen molar-refractivity contribution in [1.29, 1.82) is 0 Å². The third-order valence-corrected chi connectivity index (χ3v) is 3.39. The van der Waals surface area contributed by atoms with Crippen LogP contribution in [-0.4, -0.2) is 27.4 Å². The van der Waals surface area contributed by atoms with E-state index in [0.29, 0.717) is 12.0 Å². The van der Waals surface area contributed by atoms with Gasteiger partial charge in [-0.1, -0.05) is 19.9 Å². The topological polar surface area (TPSA) is 30.5 Å². The molecule has 0 saturated carbocycles. The second-order valence-electron chi connectivity index (χ2n) is 5.13. The summed E-state index contributed by atoms with van der Waals surface area (Å²) in [7, 11) is 3.47. The normalized spacial score (nSPS) is 14.2. The number of hydrogen-bond donors (Lipinski definition) is 1. The maximum atomic E-state index is 5.27. The van der Waals surface area contributed by atoms with Crippen LogP contribution in [0.25, 0.3) is 0 Å². The summed E-state index contributed by atoms with van der Waals surface area (Å²) in [5, 5.41) is 3.57. The molecule has 2 unspecified atom stereocenters. The molecule has 0 aliphatic carbocycles. The van der Waals surface area contributed by atoms with Crippen LogP contribution in [0.4, 0.5) is 0 Å². The molecule has 108 valence electrons. The smallest absolute Gasteiger partial charge is 0.119 e. The highest BCUT2D eigenvalue weighted by atomic mass is 16.5. The van der Waals surface area contributed by atoms with Crippen LogP contribution in [0.15, 0.2) is 18.2 Å². The van der Waals surface area contributed by atoms with E-state index in [1.165, 1.54) is 11.1 Å². The van der Waals surface area contributed by atoms with Gasteiger partial charge in [0.15, 0.2) is 0 Å². The van der Waals surface area contributed by atoms with Crippen LogP contribution in [-0.2, 0) is 4.74 Å². The van der Waals surface area contributed by atoms with Crippen LogP contribution in [0.1, 0.15) is 37.4 Å². The fraction of sp³-hybridized carbons (Fsp3) is 0.625. The van der Waals surface area contributed by atoms with Crippen LogP contribution in [0.5, 0.6) is 5.75 Å². The number of rotatable bonds is 8. The minimum atomic E-state index is 0.376. The van der Waals surface area contributed by atoms with Crippen LogP contribution in [0.2, 0.25) is 0 Å². The molecule has 1 aromatic rings. The van der Waals surface area contributed by atoms with Crippen molar-refractivity contribution in [2.45, 2.75) is 33.2 Å². The summed E-state index contributed by atoms with van der Waals surface area (Å²) in [5.41, 5.74) is 2.63. The van der Waals surface area contributed by atoms with E-state index in [9.17, 15) is 0 Å². The van der Waals surface area contributed by atoms with Gasteiger partial charge in [-0.05, 0) is 49.1 Å². The summed E-state index contributed by atoms with van der Waals surface area (Å²) < 4.78 is 10.5. The Morgan fingerprint density at radius 2 is 2.00 bits per heavy atom. The van der Waals surface area contributed by atoms with Crippen molar-refractivity contribution >= 4 is 0 Å². The largest absolute Gasteiger partial charge is 0.497 e. The van der Waals surface area contributed by atoms with Crippen LogP contribution >= 0.6 is 0 Å². The molecule has 1 N–H and O–H groups in total. The van der Waals surface area contributed by atoms with E-state index in [1.54, 1.807) is 14.2 Å². The van der Waals surface area contributed by atoms with E-state index in [4.69, 9.17) is 9.47 Å². The summed E-state index contributed by atoms with van der Waals surface area (Å²) in [4.78, 5) is 0. The number of benzene rings is 1. The van der Waals surface area contributed by atoms with Crippen LogP contribution in [0.3, 0.4) is 0 Å². The van der Waals surface area contributed by atoms with Gasteiger partial charge >= 0.3 is 0 Å². The van der Waals surface area contributed by atoms with Gasteiger partial charge in [-0.2, -0.15) is 0 Å². The Bertz CT molecular complexity index is 379. The Balaban J connectivity index is 2.85. The average Bonchev–Trinajstić information content (AvgIpc) is 2.38. The van der Waals surface area contributed by atoms with Crippen LogP contribution < -0.4 is 10.1 Å². The van der Waals surface area contributed by atoms with E-state index in [1.807, 2.05) is 6.07 Å². The van der Waals surface area contributed by atoms with E-state index in [0.717, 1.165) is 25.3 Å². The van der Waals surface area contributed by atoms with E-state index < -0.39 is 0 Å². The zero-order chi connectivity index (χ0) is 14.3. The molecular weight excluding hydrogens is 238 g/mol. The summed E-state index contributed by atoms with van der Waals surface area (Å²) >= 11 is 0. The molecule has 0 spiro atoms. The first kappa shape index (κ1) is 16.0. The van der Waals surface area contributed by atoms with Gasteiger partial charge < -0.3 is 14.8 Å². The lowest BCUT2D eigenvalue weighted by Gasteiger charge is -2.24. The van der Waals surface area contributed by atoms with Crippen molar-refractivity contribution in [1.82, 2.24) is 5.32 Å². The van der Waals surface area contributed by atoms with E-state index >= 15 is 0 Å². The molecular formula is C16H27NO2. The van der Waals surface area contributed by atoms with Gasteiger partial charge in [0.25, 0.3) is 0 Å². The number of aryl methyl sites for hydroxylation is 1. The zero-order valence-corrected chi connectivity index (χ0v) is 12.8. The Morgan fingerprint density at radius 1 is 1.26 bits per heavy atom. The highest BCUT2D eigenvalue weighted by Crippen LogP contribution is 2.27. The molecule has 0 aliphatic rings. The Morgan fingerprint density at radius 3 is 2.53 bits per heavy atom. The SMILES string of the molecule is CCNC(CC(C)COC)c1ccc(OC)cc1C. The molecule has 3 nitrogen and oxygen atoms in total. The lowest BCUT2D eigenvalue weighted by Crippen LogP contribution is -2.24. The first-order valence-corrected chi connectivity index (χ1v) is 6.99. The summed E-state index contributed by atoms with van der Waals surface area (Å²) in [6.45, 7) is 8.29. The molecule has 0 bridgehead atoms. The van der Waals surface area contributed by atoms with Gasteiger partial charge in [-0.3, -0.25) is 0 Å². The predicted octanol–water partition coefficient (Wildman–Crippen LogP) is 3.33. The third kappa shape index (κ3) is 4.84. The number of hydrogen-bond acceptors (Lipinski definition) is 3. The van der Waals surface area contributed by atoms with Crippen molar-refractivity contribution in [3.05, 3.63) is 29.3 Å². The number of methoxy groups -OCH3 is 2. The van der Waals surface area contributed by atoms with Gasteiger partial charge in [0, 0.05) is 19.8 Å². The average molecular weight is 265 g/mol. The van der Waals surface area contributed by atoms with Crippen molar-refractivity contribution in [3.8, 4) is 5.75 Å². The maximum absolute atomic E-state index is 5.27. The molecule has 0 aromatic heterocycles. The van der Waals surface area contributed by atoms with Crippen molar-refractivity contribution in [2.24, 2.45) is 5.92 Å². The second kappa shape index (κ2) is 8.18. The molecule has 19 heavy (non-hydrogen) atoms. The van der Waals surface area contributed by atoms with Gasteiger partial charge in [0.05, 0.1) is 7.11 Å². The molecule has 0 fully saturated rings. The molecule has 0 saturated heterocycles. The Hall–Kier alpha value is -1.06. The Labute approximate surface area is 117 Å². The Kier molecular flexibility index (Phi) is 6.89. The van der Waals surface area contributed by atoms with Crippen molar-refractivity contribution < 1.29 is 9.47 Å². The molecule has 1 rings (SSSR count). The number of ether oxygens (including phenoxy) is 2. The monoisotopic (exact) mass is 265 g/mol. The molecule has 2 atom stereocenters. The number of nitrogens with one attached hydrogen (secondary N) is 1. The summed E-state index contributed by atoms with van der Waals surface area (Å²) in [6, 6.07) is 6.68. The fourth-order valence-corrected chi connectivity index (χ4v) is 2.49. The van der Waals surface area contributed by atoms with Gasteiger partial charge in [-0.25, -0.2) is 0 Å². The minimum absolute atomic E-state index is 0.376. The first-order valence-electron chi connectivity index (χ1n) is 6.99. The second-order valence-corrected chi connectivity index (χ2v) is 5.13. The standard InChI is InChI=1S/C16H27NO2/c1-6-17-16(9-12(2)11-18-4)15-8-7-14(19-5)10-13(15)3/h7-8,10,12,16-17H,6,9,11H2,1-5H3. The van der Waals surface area contributed by atoms with Crippen molar-refractivity contribution in [2.75, 3.05) is 27.4 Å². The highest BCUT2D eigenvalue weighted by molar-refractivity contribution is 5.36. The maximum Gasteiger partial charge on any atom is 0.119 e. The molecule has 0 radical (unpaired) electrons. The molecule has 0 heterocycles. The zero-order valence-electron chi connectivity index (χ0n) is 12.8. The summed E-state index contributed by atoms with van der Waals surface area (Å²) in [6.07, 6.45) is 1.08. The van der Waals surface area contributed by atoms with E-state index in [-0.39, 0.29) is 0 Å². The third-order valence-electron chi connectivity index (χ3n) is 3.39. The summed E-state index contributed by atoms with van der Waals surface area (Å²) in [5.74, 6) is 1.46. The first-order chi connectivity index (χ1) is 9.12.